The van der Waals surface area contributed by atoms with Gasteiger partial charge in [-0.2, -0.15) is 0 Å². The predicted octanol–water partition coefficient (Wildman–Crippen LogP) is 1.40. The first-order chi connectivity index (χ1) is 13.1. The van der Waals surface area contributed by atoms with Gasteiger partial charge in [0.25, 0.3) is 11.1 Å². The molecule has 0 unspecified atom stereocenters. The number of nitrogens with zero attached hydrogens (tertiary/aromatic N) is 3. The number of aromatic nitrogens is 4. The molecule has 0 saturated carbocycles. The van der Waals surface area contributed by atoms with Gasteiger partial charge in [0.1, 0.15) is 11.6 Å². The van der Waals surface area contributed by atoms with Gasteiger partial charge in [0.05, 0.1) is 29.6 Å². The van der Waals surface area contributed by atoms with E-state index in [1.165, 1.54) is 4.68 Å². The van der Waals surface area contributed by atoms with E-state index in [0.29, 0.717) is 48.0 Å². The molecule has 1 atom stereocenters. The number of nitrogens with one attached hydrogen (secondary N) is 2. The van der Waals surface area contributed by atoms with Gasteiger partial charge < -0.3 is 10.1 Å². The molecule has 0 spiro atoms. The topological polar surface area (TPSA) is 102 Å². The summed E-state index contributed by atoms with van der Waals surface area (Å²) < 4.78 is 6.77. The van der Waals surface area contributed by atoms with Crippen molar-refractivity contribution in [2.75, 3.05) is 25.1 Å². The first-order valence-corrected chi connectivity index (χ1v) is 9.01. The zero-order valence-corrected chi connectivity index (χ0v) is 15.1. The molecule has 0 bridgehead atoms. The summed E-state index contributed by atoms with van der Waals surface area (Å²) in [4.78, 5) is 33.6. The zero-order valence-electron chi connectivity index (χ0n) is 15.1. The lowest BCUT2D eigenvalue weighted by Gasteiger charge is -2.12. The molecule has 1 aromatic carbocycles. The average molecular weight is 367 g/mol. The van der Waals surface area contributed by atoms with Crippen LogP contribution in [0, 0.1) is 6.92 Å². The molecule has 8 heteroatoms. The number of anilines is 1. The molecule has 27 heavy (non-hydrogen) atoms. The number of H-pyrrole nitrogens is 1. The van der Waals surface area contributed by atoms with E-state index in [9.17, 15) is 9.59 Å². The minimum absolute atomic E-state index is 0.213. The monoisotopic (exact) mass is 367 g/mol. The number of ether oxygens (including phenoxy) is 1. The van der Waals surface area contributed by atoms with Crippen molar-refractivity contribution < 1.29 is 4.74 Å². The third-order valence-corrected chi connectivity index (χ3v) is 4.73. The lowest BCUT2D eigenvalue weighted by atomic mass is 10.0. The molecule has 1 fully saturated rings. The lowest BCUT2D eigenvalue weighted by Crippen LogP contribution is -2.32. The van der Waals surface area contributed by atoms with Crippen molar-refractivity contribution >= 4 is 16.6 Å². The van der Waals surface area contributed by atoms with Gasteiger partial charge in [0.2, 0.25) is 0 Å². The van der Waals surface area contributed by atoms with E-state index >= 15 is 0 Å². The van der Waals surface area contributed by atoms with Crippen molar-refractivity contribution in [2.45, 2.75) is 25.8 Å². The van der Waals surface area contributed by atoms with Crippen LogP contribution in [-0.4, -0.2) is 39.5 Å². The van der Waals surface area contributed by atoms with Gasteiger partial charge in [-0.05, 0) is 25.5 Å². The Hall–Kier alpha value is -3.00. The first kappa shape index (κ1) is 17.4. The maximum absolute atomic E-state index is 12.5. The Balaban J connectivity index is 1.50. The third-order valence-electron chi connectivity index (χ3n) is 4.73. The van der Waals surface area contributed by atoms with Gasteiger partial charge in [-0.25, -0.2) is 14.6 Å². The van der Waals surface area contributed by atoms with E-state index in [4.69, 9.17) is 4.74 Å². The van der Waals surface area contributed by atoms with E-state index in [1.807, 2.05) is 13.0 Å². The number of hydrogen-bond acceptors (Lipinski definition) is 6. The maximum atomic E-state index is 12.5. The molecule has 0 radical (unpaired) electrons. The Labute approximate surface area is 155 Å². The van der Waals surface area contributed by atoms with E-state index in [-0.39, 0.29) is 11.1 Å². The van der Waals surface area contributed by atoms with Crippen LogP contribution in [0.5, 0.6) is 0 Å². The summed E-state index contributed by atoms with van der Waals surface area (Å²) in [5.74, 6) is 1.70. The van der Waals surface area contributed by atoms with Gasteiger partial charge in [0.15, 0.2) is 0 Å². The van der Waals surface area contributed by atoms with Crippen molar-refractivity contribution in [1.29, 1.82) is 0 Å². The second-order valence-corrected chi connectivity index (χ2v) is 6.66. The van der Waals surface area contributed by atoms with Gasteiger partial charge >= 0.3 is 0 Å². The van der Waals surface area contributed by atoms with E-state index < -0.39 is 0 Å². The molecule has 140 valence electrons. The highest BCUT2D eigenvalue weighted by molar-refractivity contribution is 5.80. The molecule has 4 rings (SSSR count). The normalized spacial score (nSPS) is 16.7. The second kappa shape index (κ2) is 7.32. The number of fused-ring (bicyclic) bond motifs is 1. The molecule has 8 nitrogen and oxygen atoms in total. The standard InChI is InChI=1S/C19H21N5O3/c1-12-21-16(13-6-9-27-11-13)10-17(22-12)20-7-8-24-19(26)15-5-3-2-4-14(15)18(25)23-24/h2-5,10,13H,6-9,11H2,1H3,(H,23,25)(H,20,21,22)/t13-/m1/s1. The summed E-state index contributed by atoms with van der Waals surface area (Å²) in [5.41, 5.74) is 0.486. The Morgan fingerprint density at radius 2 is 2.07 bits per heavy atom. The molecule has 0 amide bonds. The summed E-state index contributed by atoms with van der Waals surface area (Å²) >= 11 is 0. The predicted molar refractivity (Wildman–Crippen MR) is 102 cm³/mol. The Bertz CT molecular complexity index is 1080. The number of benzene rings is 1. The number of aryl methyl sites for hydroxylation is 1. The summed E-state index contributed by atoms with van der Waals surface area (Å²) in [6.07, 6.45) is 0.962. The number of rotatable bonds is 5. The van der Waals surface area contributed by atoms with Gasteiger partial charge in [-0.3, -0.25) is 14.7 Å². The molecule has 3 aromatic rings. The third kappa shape index (κ3) is 3.61. The first-order valence-electron chi connectivity index (χ1n) is 9.01. The summed E-state index contributed by atoms with van der Waals surface area (Å²) in [6.45, 7) is 4.07. The zero-order chi connectivity index (χ0) is 18.8. The summed E-state index contributed by atoms with van der Waals surface area (Å²) in [5, 5.41) is 6.67. The van der Waals surface area contributed by atoms with Crippen LogP contribution in [0.3, 0.4) is 0 Å². The fourth-order valence-electron chi connectivity index (χ4n) is 3.36. The molecule has 2 aromatic heterocycles. The highest BCUT2D eigenvalue weighted by atomic mass is 16.5. The smallest absolute Gasteiger partial charge is 0.273 e. The van der Waals surface area contributed by atoms with Crippen LogP contribution in [-0.2, 0) is 11.3 Å². The van der Waals surface area contributed by atoms with E-state index in [0.717, 1.165) is 18.7 Å². The molecule has 1 saturated heterocycles. The second-order valence-electron chi connectivity index (χ2n) is 6.66. The van der Waals surface area contributed by atoms with Crippen molar-refractivity contribution in [3.63, 3.8) is 0 Å². The van der Waals surface area contributed by atoms with Crippen LogP contribution < -0.4 is 16.4 Å². The van der Waals surface area contributed by atoms with Crippen LogP contribution in [0.4, 0.5) is 5.82 Å². The van der Waals surface area contributed by atoms with Gasteiger partial charge in [-0.1, -0.05) is 12.1 Å². The molecule has 2 N–H and O–H groups in total. The van der Waals surface area contributed by atoms with E-state index in [2.05, 4.69) is 20.4 Å². The fraction of sp³-hybridized carbons (Fsp3) is 0.368. The highest BCUT2D eigenvalue weighted by Gasteiger charge is 2.20. The van der Waals surface area contributed by atoms with Crippen molar-refractivity contribution in [3.05, 3.63) is 62.6 Å². The SMILES string of the molecule is Cc1nc(NCCn2[nH]c(=O)c3ccccc3c2=O)cc([C@@H]2CCOC2)n1. The molecule has 1 aliphatic heterocycles. The molecular formula is C19H21N5O3. The fourth-order valence-corrected chi connectivity index (χ4v) is 3.36. The van der Waals surface area contributed by atoms with Crippen LogP contribution in [0.1, 0.15) is 23.9 Å². The highest BCUT2D eigenvalue weighted by Crippen LogP contribution is 2.24. The van der Waals surface area contributed by atoms with Crippen molar-refractivity contribution in [1.82, 2.24) is 19.7 Å². The largest absolute Gasteiger partial charge is 0.381 e. The molecule has 3 heterocycles. The number of aromatic amines is 1. The summed E-state index contributed by atoms with van der Waals surface area (Å²) in [6, 6.07) is 8.74. The quantitative estimate of drug-likeness (QED) is 0.707. The Morgan fingerprint density at radius 1 is 1.26 bits per heavy atom. The van der Waals surface area contributed by atoms with E-state index in [1.54, 1.807) is 24.3 Å². The van der Waals surface area contributed by atoms with Crippen molar-refractivity contribution in [2.24, 2.45) is 0 Å². The number of hydrogen-bond donors (Lipinski definition) is 2. The Kier molecular flexibility index (Phi) is 4.72. The Morgan fingerprint density at radius 3 is 2.85 bits per heavy atom. The summed E-state index contributed by atoms with van der Waals surface area (Å²) in [7, 11) is 0. The van der Waals surface area contributed by atoms with Crippen LogP contribution in [0.25, 0.3) is 10.8 Å². The molecule has 1 aliphatic rings. The minimum atomic E-state index is -0.272. The van der Waals surface area contributed by atoms with Crippen LogP contribution in [0.2, 0.25) is 0 Å². The average Bonchev–Trinajstić information content (AvgIpc) is 3.20. The molecule has 0 aliphatic carbocycles. The maximum Gasteiger partial charge on any atom is 0.273 e. The van der Waals surface area contributed by atoms with Crippen LogP contribution in [0.15, 0.2) is 39.9 Å². The molecular weight excluding hydrogens is 346 g/mol. The van der Waals surface area contributed by atoms with Crippen LogP contribution >= 0.6 is 0 Å². The lowest BCUT2D eigenvalue weighted by molar-refractivity contribution is 0.193. The van der Waals surface area contributed by atoms with Gasteiger partial charge in [0, 0.05) is 25.1 Å². The van der Waals surface area contributed by atoms with Gasteiger partial charge in [-0.15, -0.1) is 0 Å². The van der Waals surface area contributed by atoms with Crippen molar-refractivity contribution in [3.8, 4) is 0 Å². The minimum Gasteiger partial charge on any atom is -0.381 e.